The molecule has 0 saturated carbocycles. The molecule has 0 unspecified atom stereocenters. The molecule has 34 heavy (non-hydrogen) atoms. The number of rotatable bonds is 6. The lowest BCUT2D eigenvalue weighted by atomic mass is 10.1. The van der Waals surface area contributed by atoms with Gasteiger partial charge in [-0.15, -0.1) is 11.8 Å². The first kappa shape index (κ1) is 22.4. The number of pyridine rings is 5. The van der Waals surface area contributed by atoms with Crippen LogP contribution in [0.4, 0.5) is 0 Å². The SMILES string of the molecule is CCSc1cccc(-c2cccc(-c3cccc(-c4cccc(-c5cccc(Br)n5)n4)n3)n2)n1. The predicted octanol–water partition coefficient (Wildman–Crippen LogP) is 7.20. The maximum Gasteiger partial charge on any atom is 0.106 e. The Morgan fingerprint density at radius 1 is 0.500 bits per heavy atom. The van der Waals surface area contributed by atoms with Gasteiger partial charge in [0, 0.05) is 0 Å². The molecule has 0 aliphatic heterocycles. The predicted molar refractivity (Wildman–Crippen MR) is 141 cm³/mol. The molecule has 0 spiro atoms. The van der Waals surface area contributed by atoms with Crippen molar-refractivity contribution < 1.29 is 0 Å². The second kappa shape index (κ2) is 10.2. The fourth-order valence-electron chi connectivity index (χ4n) is 3.50. The standard InChI is InChI=1S/C27H20BrN5S/c1-2-34-27-17-7-15-25(33-27)23-13-5-11-21(31-23)19-9-3-8-18(29-19)20-10-4-12-22(30-20)24-14-6-16-26(28)32-24/h3-17H,2H2,1H3. The smallest absolute Gasteiger partial charge is 0.106 e. The van der Waals surface area contributed by atoms with Gasteiger partial charge in [-0.2, -0.15) is 0 Å². The van der Waals surface area contributed by atoms with Crippen molar-refractivity contribution in [3.05, 3.63) is 95.6 Å². The van der Waals surface area contributed by atoms with Crippen LogP contribution in [0.2, 0.25) is 0 Å². The van der Waals surface area contributed by atoms with Gasteiger partial charge in [-0.25, -0.2) is 24.9 Å². The van der Waals surface area contributed by atoms with E-state index in [2.05, 4.69) is 27.8 Å². The van der Waals surface area contributed by atoms with E-state index in [1.54, 1.807) is 11.8 Å². The molecule has 0 fully saturated rings. The monoisotopic (exact) mass is 525 g/mol. The lowest BCUT2D eigenvalue weighted by Gasteiger charge is -2.08. The van der Waals surface area contributed by atoms with Crippen LogP contribution in [0.3, 0.4) is 0 Å². The van der Waals surface area contributed by atoms with Gasteiger partial charge >= 0.3 is 0 Å². The van der Waals surface area contributed by atoms with Crippen molar-refractivity contribution in [3.63, 3.8) is 0 Å². The summed E-state index contributed by atoms with van der Waals surface area (Å²) in [6.07, 6.45) is 0. The summed E-state index contributed by atoms with van der Waals surface area (Å²) < 4.78 is 0.775. The maximum atomic E-state index is 4.87. The number of thioether (sulfide) groups is 1. The number of hydrogen-bond donors (Lipinski definition) is 0. The first-order valence-corrected chi connectivity index (χ1v) is 12.6. The van der Waals surface area contributed by atoms with E-state index in [0.717, 1.165) is 60.9 Å². The summed E-state index contributed by atoms with van der Waals surface area (Å²) in [5.74, 6) is 0.980. The molecule has 0 saturated heterocycles. The van der Waals surface area contributed by atoms with Crippen LogP contribution in [0.5, 0.6) is 0 Å². The summed E-state index contributed by atoms with van der Waals surface area (Å²) in [7, 11) is 0. The summed E-state index contributed by atoms with van der Waals surface area (Å²) in [5, 5.41) is 0.998. The highest BCUT2D eigenvalue weighted by Crippen LogP contribution is 2.26. The normalized spacial score (nSPS) is 10.9. The first-order valence-electron chi connectivity index (χ1n) is 10.8. The third kappa shape index (κ3) is 5.05. The van der Waals surface area contributed by atoms with E-state index in [-0.39, 0.29) is 0 Å². The van der Waals surface area contributed by atoms with Crippen molar-refractivity contribution in [2.24, 2.45) is 0 Å². The third-order valence-electron chi connectivity index (χ3n) is 5.03. The number of hydrogen-bond acceptors (Lipinski definition) is 6. The molecule has 0 bridgehead atoms. The fraction of sp³-hybridized carbons (Fsp3) is 0.0741. The molecule has 0 atom stereocenters. The highest BCUT2D eigenvalue weighted by atomic mass is 79.9. The third-order valence-corrected chi connectivity index (χ3v) is 6.28. The molecular formula is C27H20BrN5S. The first-order chi connectivity index (χ1) is 16.7. The zero-order valence-corrected chi connectivity index (χ0v) is 20.8. The largest absolute Gasteiger partial charge is 0.245 e. The molecular weight excluding hydrogens is 506 g/mol. The van der Waals surface area contributed by atoms with E-state index in [1.165, 1.54) is 0 Å². The molecule has 0 aromatic carbocycles. The van der Waals surface area contributed by atoms with Crippen LogP contribution >= 0.6 is 27.7 Å². The number of halogens is 1. The molecule has 0 amide bonds. The van der Waals surface area contributed by atoms with Crippen LogP contribution in [0.25, 0.3) is 45.6 Å². The Balaban J connectivity index is 1.48. The maximum absolute atomic E-state index is 4.87. The van der Waals surface area contributed by atoms with Crippen molar-refractivity contribution in [2.45, 2.75) is 11.9 Å². The van der Waals surface area contributed by atoms with Crippen molar-refractivity contribution in [1.82, 2.24) is 24.9 Å². The highest BCUT2D eigenvalue weighted by Gasteiger charge is 2.10. The quantitative estimate of drug-likeness (QED) is 0.172. The molecule has 0 N–H and O–H groups in total. The summed E-state index contributed by atoms with van der Waals surface area (Å²) in [4.78, 5) is 23.8. The summed E-state index contributed by atoms with van der Waals surface area (Å²) >= 11 is 5.15. The van der Waals surface area contributed by atoms with E-state index >= 15 is 0 Å². The fourth-order valence-corrected chi connectivity index (χ4v) is 4.47. The Kier molecular flexibility index (Phi) is 6.74. The van der Waals surface area contributed by atoms with E-state index in [1.807, 2.05) is 91.0 Å². The Hall–Kier alpha value is -3.42. The highest BCUT2D eigenvalue weighted by molar-refractivity contribution is 9.10. The van der Waals surface area contributed by atoms with E-state index in [4.69, 9.17) is 19.9 Å². The number of nitrogens with zero attached hydrogens (tertiary/aromatic N) is 5. The van der Waals surface area contributed by atoms with Crippen LogP contribution in [-0.2, 0) is 0 Å². The van der Waals surface area contributed by atoms with Crippen molar-refractivity contribution >= 4 is 27.7 Å². The van der Waals surface area contributed by atoms with Crippen LogP contribution < -0.4 is 0 Å². The van der Waals surface area contributed by atoms with Gasteiger partial charge in [-0.1, -0.05) is 37.3 Å². The average molecular weight is 526 g/mol. The van der Waals surface area contributed by atoms with Crippen LogP contribution in [-0.4, -0.2) is 30.7 Å². The molecule has 5 heterocycles. The number of aromatic nitrogens is 5. The van der Waals surface area contributed by atoms with Crippen molar-refractivity contribution in [1.29, 1.82) is 0 Å². The van der Waals surface area contributed by atoms with Crippen LogP contribution in [0.15, 0.2) is 101 Å². The Labute approximate surface area is 210 Å². The van der Waals surface area contributed by atoms with Gasteiger partial charge in [-0.3, -0.25) is 0 Å². The van der Waals surface area contributed by atoms with E-state index in [9.17, 15) is 0 Å². The zero-order chi connectivity index (χ0) is 23.3. The molecule has 5 aromatic rings. The topological polar surface area (TPSA) is 64.5 Å². The second-order valence-corrected chi connectivity index (χ2v) is 9.46. The van der Waals surface area contributed by atoms with Crippen molar-refractivity contribution in [2.75, 3.05) is 5.75 Å². The summed E-state index contributed by atoms with van der Waals surface area (Å²) in [6.45, 7) is 2.12. The molecule has 5 aromatic heterocycles. The molecule has 0 radical (unpaired) electrons. The van der Waals surface area contributed by atoms with Gasteiger partial charge in [0.25, 0.3) is 0 Å². The van der Waals surface area contributed by atoms with E-state index in [0.29, 0.717) is 0 Å². The lowest BCUT2D eigenvalue weighted by molar-refractivity contribution is 1.12. The molecule has 5 nitrogen and oxygen atoms in total. The van der Waals surface area contributed by atoms with Crippen LogP contribution in [0.1, 0.15) is 6.92 Å². The van der Waals surface area contributed by atoms with Crippen LogP contribution in [0, 0.1) is 0 Å². The van der Waals surface area contributed by atoms with Gasteiger partial charge in [0.05, 0.1) is 50.6 Å². The van der Waals surface area contributed by atoms with Gasteiger partial charge < -0.3 is 0 Å². The second-order valence-electron chi connectivity index (χ2n) is 7.36. The molecule has 166 valence electrons. The minimum absolute atomic E-state index is 0.775. The molecule has 0 aliphatic rings. The summed E-state index contributed by atoms with van der Waals surface area (Å²) in [6, 6.07) is 29.5. The van der Waals surface area contributed by atoms with Crippen molar-refractivity contribution in [3.8, 4) is 45.6 Å². The Morgan fingerprint density at radius 3 is 1.26 bits per heavy atom. The Morgan fingerprint density at radius 2 is 0.853 bits per heavy atom. The molecule has 5 rings (SSSR count). The minimum atomic E-state index is 0.775. The minimum Gasteiger partial charge on any atom is -0.245 e. The molecule has 0 aliphatic carbocycles. The lowest BCUT2D eigenvalue weighted by Crippen LogP contribution is -1.95. The van der Waals surface area contributed by atoms with Gasteiger partial charge in [-0.05, 0) is 82.3 Å². The van der Waals surface area contributed by atoms with E-state index < -0.39 is 0 Å². The zero-order valence-electron chi connectivity index (χ0n) is 18.4. The van der Waals surface area contributed by atoms with Gasteiger partial charge in [0.2, 0.25) is 0 Å². The summed E-state index contributed by atoms with van der Waals surface area (Å²) in [5.41, 5.74) is 6.41. The average Bonchev–Trinajstić information content (AvgIpc) is 2.89. The Bertz CT molecular complexity index is 1460. The van der Waals surface area contributed by atoms with Gasteiger partial charge in [0.15, 0.2) is 0 Å². The van der Waals surface area contributed by atoms with Gasteiger partial charge in [0.1, 0.15) is 4.60 Å². The molecule has 7 heteroatoms.